The van der Waals surface area contributed by atoms with Gasteiger partial charge >= 0.3 is 0 Å². The maximum absolute atomic E-state index is 13.1. The predicted molar refractivity (Wildman–Crippen MR) is 110 cm³/mol. The van der Waals surface area contributed by atoms with E-state index in [1.165, 1.54) is 11.8 Å². The molecule has 28 heavy (non-hydrogen) atoms. The monoisotopic (exact) mass is 385 g/mol. The van der Waals surface area contributed by atoms with Crippen LogP contribution in [0.15, 0.2) is 84.0 Å². The summed E-state index contributed by atoms with van der Waals surface area (Å²) in [6.45, 7) is 0. The van der Waals surface area contributed by atoms with Gasteiger partial charge in [-0.2, -0.15) is 4.68 Å². The van der Waals surface area contributed by atoms with E-state index in [0.29, 0.717) is 5.16 Å². The summed E-state index contributed by atoms with van der Waals surface area (Å²) in [5.74, 6) is 0.223. The number of carbonyl (C=O) groups is 1. The van der Waals surface area contributed by atoms with E-state index in [1.54, 1.807) is 9.25 Å². The van der Waals surface area contributed by atoms with E-state index in [1.807, 2.05) is 78.9 Å². The Labute approximate surface area is 164 Å². The van der Waals surface area contributed by atoms with Crippen LogP contribution in [0.25, 0.3) is 27.5 Å². The highest BCUT2D eigenvalue weighted by Crippen LogP contribution is 2.29. The van der Waals surface area contributed by atoms with Crippen LogP contribution in [-0.4, -0.2) is 36.4 Å². The zero-order chi connectivity index (χ0) is 18.9. The lowest BCUT2D eigenvalue weighted by Gasteiger charge is -2.06. The summed E-state index contributed by atoms with van der Waals surface area (Å²) in [6.07, 6.45) is 0. The van der Waals surface area contributed by atoms with Gasteiger partial charge in [-0.25, -0.2) is 0 Å². The van der Waals surface area contributed by atoms with Crippen LogP contribution in [0.4, 0.5) is 0 Å². The molecule has 0 unspecified atom stereocenters. The molecular formula is C21H15N5OS. The van der Waals surface area contributed by atoms with Crippen molar-refractivity contribution < 1.29 is 4.79 Å². The molecule has 0 atom stereocenters. The molecule has 5 aromatic rings. The van der Waals surface area contributed by atoms with Crippen molar-refractivity contribution in [3.8, 4) is 5.69 Å². The average Bonchev–Trinajstić information content (AvgIpc) is 3.35. The minimum absolute atomic E-state index is 0.00925. The largest absolute Gasteiger partial charge is 0.279 e. The van der Waals surface area contributed by atoms with Crippen LogP contribution >= 0.6 is 11.8 Å². The van der Waals surface area contributed by atoms with Crippen molar-refractivity contribution in [3.05, 3.63) is 78.9 Å². The number of tetrazole rings is 1. The van der Waals surface area contributed by atoms with Gasteiger partial charge in [0.05, 0.1) is 22.5 Å². The quantitative estimate of drug-likeness (QED) is 0.434. The van der Waals surface area contributed by atoms with Crippen molar-refractivity contribution in [1.82, 2.24) is 24.8 Å². The van der Waals surface area contributed by atoms with Gasteiger partial charge in [0, 0.05) is 10.8 Å². The van der Waals surface area contributed by atoms with Crippen LogP contribution in [0.5, 0.6) is 0 Å². The van der Waals surface area contributed by atoms with Gasteiger partial charge in [0.1, 0.15) is 0 Å². The number of benzene rings is 3. The van der Waals surface area contributed by atoms with Crippen LogP contribution in [0.2, 0.25) is 0 Å². The molecule has 0 fully saturated rings. The normalized spacial score (nSPS) is 11.3. The summed E-state index contributed by atoms with van der Waals surface area (Å²) >= 11 is 1.33. The van der Waals surface area contributed by atoms with E-state index in [4.69, 9.17) is 0 Å². The van der Waals surface area contributed by atoms with Crippen LogP contribution in [0.3, 0.4) is 0 Å². The Morgan fingerprint density at radius 2 is 1.43 bits per heavy atom. The molecule has 0 saturated heterocycles. The Kier molecular flexibility index (Phi) is 4.14. The zero-order valence-electron chi connectivity index (χ0n) is 14.8. The molecule has 2 heterocycles. The van der Waals surface area contributed by atoms with Crippen molar-refractivity contribution in [2.75, 3.05) is 5.75 Å². The van der Waals surface area contributed by atoms with Crippen molar-refractivity contribution >= 4 is 39.5 Å². The van der Waals surface area contributed by atoms with E-state index in [9.17, 15) is 4.79 Å². The summed E-state index contributed by atoms with van der Waals surface area (Å²) in [6, 6.07) is 25.6. The van der Waals surface area contributed by atoms with E-state index in [-0.39, 0.29) is 11.7 Å². The van der Waals surface area contributed by atoms with E-state index in [0.717, 1.165) is 27.5 Å². The predicted octanol–water partition coefficient (Wildman–Crippen LogP) is 4.20. The van der Waals surface area contributed by atoms with Gasteiger partial charge in [-0.3, -0.25) is 9.36 Å². The molecule has 7 heteroatoms. The molecule has 0 N–H and O–H groups in total. The SMILES string of the molecule is O=C(CSc1nnnn1-c1ccccc1)n1c2ccccc2c2ccccc21. The molecule has 0 radical (unpaired) electrons. The van der Waals surface area contributed by atoms with E-state index in [2.05, 4.69) is 15.5 Å². The molecule has 0 amide bonds. The standard InChI is InChI=1S/C21H15N5OS/c27-20(14-28-21-22-23-24-26(21)15-8-2-1-3-9-15)25-18-12-6-4-10-16(18)17-11-5-7-13-19(17)25/h1-13H,14H2. The number of fused-ring (bicyclic) bond motifs is 3. The molecule has 136 valence electrons. The number of carbonyl (C=O) groups excluding carboxylic acids is 1. The second-order valence-electron chi connectivity index (χ2n) is 6.26. The molecule has 5 rings (SSSR count). The summed E-state index contributed by atoms with van der Waals surface area (Å²) in [4.78, 5) is 13.1. The molecule has 0 aliphatic carbocycles. The smallest absolute Gasteiger partial charge is 0.242 e. The van der Waals surface area contributed by atoms with Crippen molar-refractivity contribution in [3.63, 3.8) is 0 Å². The van der Waals surface area contributed by atoms with Crippen LogP contribution in [-0.2, 0) is 0 Å². The van der Waals surface area contributed by atoms with E-state index >= 15 is 0 Å². The molecular weight excluding hydrogens is 370 g/mol. The van der Waals surface area contributed by atoms with Crippen LogP contribution in [0.1, 0.15) is 4.79 Å². The lowest BCUT2D eigenvalue weighted by molar-refractivity contribution is 0.0951. The first kappa shape index (κ1) is 16.7. The van der Waals surface area contributed by atoms with Crippen LogP contribution in [0, 0.1) is 0 Å². The topological polar surface area (TPSA) is 65.6 Å². The summed E-state index contributed by atoms with van der Waals surface area (Å²) in [5, 5.41) is 14.6. The number of hydrogen-bond acceptors (Lipinski definition) is 5. The fourth-order valence-corrected chi connectivity index (χ4v) is 4.12. The number of thioether (sulfide) groups is 1. The van der Waals surface area contributed by atoms with Gasteiger partial charge in [0.25, 0.3) is 0 Å². The molecule has 2 aromatic heterocycles. The molecule has 0 spiro atoms. The number of para-hydroxylation sites is 3. The Balaban J connectivity index is 1.48. The first-order valence-corrected chi connectivity index (χ1v) is 9.79. The highest BCUT2D eigenvalue weighted by molar-refractivity contribution is 7.99. The Morgan fingerprint density at radius 1 is 0.821 bits per heavy atom. The Morgan fingerprint density at radius 3 is 2.11 bits per heavy atom. The minimum atomic E-state index is -0.00925. The fourth-order valence-electron chi connectivity index (χ4n) is 3.38. The van der Waals surface area contributed by atoms with E-state index < -0.39 is 0 Å². The van der Waals surface area contributed by atoms with Gasteiger partial charge < -0.3 is 0 Å². The Hall–Kier alpha value is -3.45. The summed E-state index contributed by atoms with van der Waals surface area (Å²) in [7, 11) is 0. The van der Waals surface area contributed by atoms with Crippen molar-refractivity contribution in [2.45, 2.75) is 5.16 Å². The summed E-state index contributed by atoms with van der Waals surface area (Å²) in [5.41, 5.74) is 2.69. The first-order valence-electron chi connectivity index (χ1n) is 8.81. The molecule has 0 aliphatic heterocycles. The highest BCUT2D eigenvalue weighted by atomic mass is 32.2. The lowest BCUT2D eigenvalue weighted by atomic mass is 10.2. The molecule has 0 saturated carbocycles. The number of rotatable bonds is 4. The van der Waals surface area contributed by atoms with Crippen molar-refractivity contribution in [1.29, 1.82) is 0 Å². The fraction of sp³-hybridized carbons (Fsp3) is 0.0476. The Bertz CT molecular complexity index is 1240. The third-order valence-corrected chi connectivity index (χ3v) is 5.50. The second kappa shape index (κ2) is 6.94. The molecule has 3 aromatic carbocycles. The highest BCUT2D eigenvalue weighted by Gasteiger charge is 2.17. The third kappa shape index (κ3) is 2.76. The lowest BCUT2D eigenvalue weighted by Crippen LogP contribution is -2.13. The maximum atomic E-state index is 13.1. The zero-order valence-corrected chi connectivity index (χ0v) is 15.6. The molecule has 0 bridgehead atoms. The third-order valence-electron chi connectivity index (χ3n) is 4.60. The van der Waals surface area contributed by atoms with Gasteiger partial charge in [0.15, 0.2) is 0 Å². The molecule has 0 aliphatic rings. The van der Waals surface area contributed by atoms with Crippen molar-refractivity contribution in [2.24, 2.45) is 0 Å². The minimum Gasteiger partial charge on any atom is -0.279 e. The average molecular weight is 385 g/mol. The van der Waals surface area contributed by atoms with Gasteiger partial charge in [-0.15, -0.1) is 5.10 Å². The maximum Gasteiger partial charge on any atom is 0.242 e. The number of aromatic nitrogens is 5. The van der Waals surface area contributed by atoms with Gasteiger partial charge in [-0.05, 0) is 34.7 Å². The second-order valence-corrected chi connectivity index (χ2v) is 7.20. The van der Waals surface area contributed by atoms with Gasteiger partial charge in [0.2, 0.25) is 11.1 Å². The first-order chi connectivity index (χ1) is 13.8. The number of hydrogen-bond donors (Lipinski definition) is 0. The molecule has 6 nitrogen and oxygen atoms in total. The number of nitrogens with zero attached hydrogens (tertiary/aromatic N) is 5. The van der Waals surface area contributed by atoms with Crippen LogP contribution < -0.4 is 0 Å². The van der Waals surface area contributed by atoms with Gasteiger partial charge in [-0.1, -0.05) is 66.4 Å². The summed E-state index contributed by atoms with van der Waals surface area (Å²) < 4.78 is 3.43.